The second kappa shape index (κ2) is 7.08. The van der Waals surface area contributed by atoms with Gasteiger partial charge in [-0.15, -0.1) is 0 Å². The highest BCUT2D eigenvalue weighted by molar-refractivity contribution is 5.74. The summed E-state index contributed by atoms with van der Waals surface area (Å²) in [5.41, 5.74) is 2.27. The summed E-state index contributed by atoms with van der Waals surface area (Å²) in [6, 6.07) is 0. The van der Waals surface area contributed by atoms with Crippen molar-refractivity contribution in [2.24, 2.45) is 0 Å². The average Bonchev–Trinajstić information content (AvgIpc) is 2.11. The van der Waals surface area contributed by atoms with E-state index in [1.165, 1.54) is 18.4 Å². The summed E-state index contributed by atoms with van der Waals surface area (Å²) in [4.78, 5) is 10.6. The molecule has 0 spiro atoms. The van der Waals surface area contributed by atoms with Crippen molar-refractivity contribution in [2.75, 3.05) is 0 Å². The van der Waals surface area contributed by atoms with Crippen molar-refractivity contribution in [3.05, 3.63) is 11.1 Å². The van der Waals surface area contributed by atoms with Crippen molar-refractivity contribution in [3.8, 4) is 0 Å². The van der Waals surface area contributed by atoms with Gasteiger partial charge in [0.2, 0.25) is 0 Å². The number of rotatable bonds is 6. The molecule has 0 aliphatic heterocycles. The van der Waals surface area contributed by atoms with Crippen molar-refractivity contribution in [3.63, 3.8) is 0 Å². The normalized spacial score (nSPS) is 12.6. The number of carbonyl (C=O) groups excluding carboxylic acids is 1. The van der Waals surface area contributed by atoms with E-state index in [1.54, 1.807) is 0 Å². The van der Waals surface area contributed by atoms with E-state index in [9.17, 15) is 4.79 Å². The minimum absolute atomic E-state index is 0.969. The number of hydrogen-bond acceptors (Lipinski definition) is 1. The number of aldehydes is 1. The zero-order valence-electron chi connectivity index (χ0n) is 8.52. The van der Waals surface area contributed by atoms with Gasteiger partial charge in [-0.3, -0.25) is 4.79 Å². The number of unbranched alkanes of at least 4 members (excludes halogenated alkanes) is 2. The van der Waals surface area contributed by atoms with E-state index in [4.69, 9.17) is 0 Å². The van der Waals surface area contributed by atoms with Crippen LogP contribution in [0.1, 0.15) is 52.9 Å². The van der Waals surface area contributed by atoms with Crippen molar-refractivity contribution in [1.82, 2.24) is 0 Å². The fourth-order valence-electron chi connectivity index (χ4n) is 1.17. The number of allylic oxidation sites excluding steroid dienone is 2. The molecule has 70 valence electrons. The van der Waals surface area contributed by atoms with E-state index in [2.05, 4.69) is 20.8 Å². The van der Waals surface area contributed by atoms with Crippen molar-refractivity contribution < 1.29 is 4.79 Å². The van der Waals surface area contributed by atoms with Crippen LogP contribution < -0.4 is 0 Å². The highest BCUT2D eigenvalue weighted by Crippen LogP contribution is 2.13. The van der Waals surface area contributed by atoms with Gasteiger partial charge in [0.15, 0.2) is 0 Å². The fraction of sp³-hybridized carbons (Fsp3) is 0.727. The standard InChI is InChI=1S/C11H20O/c1-4-6-7-8-11(9-12)10(3)5-2/h9H,4-8H2,1-3H3/b11-10+. The molecule has 0 heterocycles. The third kappa shape index (κ3) is 4.32. The third-order valence-corrected chi connectivity index (χ3v) is 2.27. The molecule has 0 aromatic carbocycles. The molecule has 0 N–H and O–H groups in total. The van der Waals surface area contributed by atoms with Gasteiger partial charge in [0, 0.05) is 0 Å². The zero-order valence-corrected chi connectivity index (χ0v) is 8.52. The molecule has 0 aromatic heterocycles. The van der Waals surface area contributed by atoms with Gasteiger partial charge in [-0.05, 0) is 31.8 Å². The van der Waals surface area contributed by atoms with Crippen LogP contribution in [-0.2, 0) is 4.79 Å². The smallest absolute Gasteiger partial charge is 0.145 e. The molecule has 0 atom stereocenters. The van der Waals surface area contributed by atoms with Crippen LogP contribution in [-0.4, -0.2) is 6.29 Å². The van der Waals surface area contributed by atoms with Gasteiger partial charge < -0.3 is 0 Å². The summed E-state index contributed by atoms with van der Waals surface area (Å²) < 4.78 is 0. The first-order valence-corrected chi connectivity index (χ1v) is 4.90. The largest absolute Gasteiger partial charge is 0.298 e. The zero-order chi connectivity index (χ0) is 9.40. The van der Waals surface area contributed by atoms with Crippen molar-refractivity contribution in [1.29, 1.82) is 0 Å². The van der Waals surface area contributed by atoms with Crippen molar-refractivity contribution >= 4 is 6.29 Å². The molecule has 0 saturated carbocycles. The van der Waals surface area contributed by atoms with Gasteiger partial charge in [-0.25, -0.2) is 0 Å². The van der Waals surface area contributed by atoms with Crippen molar-refractivity contribution in [2.45, 2.75) is 52.9 Å². The van der Waals surface area contributed by atoms with Gasteiger partial charge in [0.1, 0.15) is 6.29 Å². The summed E-state index contributed by atoms with van der Waals surface area (Å²) in [5.74, 6) is 0. The summed E-state index contributed by atoms with van der Waals surface area (Å²) in [5, 5.41) is 0. The van der Waals surface area contributed by atoms with E-state index in [-0.39, 0.29) is 0 Å². The summed E-state index contributed by atoms with van der Waals surface area (Å²) in [7, 11) is 0. The lowest BCUT2D eigenvalue weighted by atomic mass is 10.0. The Bertz CT molecular complexity index is 156. The molecule has 0 aliphatic carbocycles. The van der Waals surface area contributed by atoms with Crippen LogP contribution in [0.3, 0.4) is 0 Å². The van der Waals surface area contributed by atoms with E-state index < -0.39 is 0 Å². The highest BCUT2D eigenvalue weighted by Gasteiger charge is 1.98. The van der Waals surface area contributed by atoms with Crippen LogP contribution >= 0.6 is 0 Å². The highest BCUT2D eigenvalue weighted by atomic mass is 16.1. The molecular weight excluding hydrogens is 148 g/mol. The summed E-state index contributed by atoms with van der Waals surface area (Å²) in [6.07, 6.45) is 6.60. The predicted octanol–water partition coefficient (Wildman–Crippen LogP) is 3.49. The van der Waals surface area contributed by atoms with Gasteiger partial charge >= 0.3 is 0 Å². The lowest BCUT2D eigenvalue weighted by molar-refractivity contribution is -0.105. The van der Waals surface area contributed by atoms with Crippen LogP contribution in [0.4, 0.5) is 0 Å². The number of carbonyl (C=O) groups is 1. The molecule has 0 amide bonds. The van der Waals surface area contributed by atoms with Gasteiger partial charge in [0.05, 0.1) is 0 Å². The Balaban J connectivity index is 3.91. The second-order valence-corrected chi connectivity index (χ2v) is 3.23. The Morgan fingerprint density at radius 3 is 2.33 bits per heavy atom. The molecule has 12 heavy (non-hydrogen) atoms. The molecule has 0 aliphatic rings. The van der Waals surface area contributed by atoms with E-state index in [0.29, 0.717) is 0 Å². The monoisotopic (exact) mass is 168 g/mol. The first-order valence-electron chi connectivity index (χ1n) is 4.90. The molecule has 1 heteroatoms. The SMILES string of the molecule is CCCCC/C(C=O)=C(/C)CC. The topological polar surface area (TPSA) is 17.1 Å². The molecule has 0 rings (SSSR count). The minimum Gasteiger partial charge on any atom is -0.298 e. The van der Waals surface area contributed by atoms with E-state index in [1.807, 2.05) is 0 Å². The first-order chi connectivity index (χ1) is 5.76. The molecular formula is C11H20O. The summed E-state index contributed by atoms with van der Waals surface area (Å²) >= 11 is 0. The molecule has 1 nitrogen and oxygen atoms in total. The Morgan fingerprint density at radius 1 is 1.25 bits per heavy atom. The van der Waals surface area contributed by atoms with Gasteiger partial charge in [-0.1, -0.05) is 32.3 Å². The predicted molar refractivity (Wildman–Crippen MR) is 53.2 cm³/mol. The molecule has 0 unspecified atom stereocenters. The maximum Gasteiger partial charge on any atom is 0.145 e. The maximum absolute atomic E-state index is 10.6. The Labute approximate surface area is 75.9 Å². The molecule has 0 radical (unpaired) electrons. The molecule has 0 fully saturated rings. The average molecular weight is 168 g/mol. The summed E-state index contributed by atoms with van der Waals surface area (Å²) in [6.45, 7) is 6.32. The van der Waals surface area contributed by atoms with Gasteiger partial charge in [-0.2, -0.15) is 0 Å². The molecule has 0 bridgehead atoms. The van der Waals surface area contributed by atoms with Gasteiger partial charge in [0.25, 0.3) is 0 Å². The molecule has 0 aromatic rings. The van der Waals surface area contributed by atoms with Crippen LogP contribution in [0.5, 0.6) is 0 Å². The second-order valence-electron chi connectivity index (χ2n) is 3.23. The first kappa shape index (κ1) is 11.4. The Hall–Kier alpha value is -0.590. The maximum atomic E-state index is 10.6. The molecule has 0 saturated heterocycles. The lowest BCUT2D eigenvalue weighted by Gasteiger charge is -2.03. The Morgan fingerprint density at radius 2 is 1.92 bits per heavy atom. The van der Waals surface area contributed by atoms with E-state index in [0.717, 1.165) is 31.1 Å². The third-order valence-electron chi connectivity index (χ3n) is 2.27. The van der Waals surface area contributed by atoms with E-state index >= 15 is 0 Å². The van der Waals surface area contributed by atoms with Crippen LogP contribution in [0.15, 0.2) is 11.1 Å². The quantitative estimate of drug-likeness (QED) is 0.337. The van der Waals surface area contributed by atoms with Crippen LogP contribution in [0.25, 0.3) is 0 Å². The fourth-order valence-corrected chi connectivity index (χ4v) is 1.17. The lowest BCUT2D eigenvalue weighted by Crippen LogP contribution is -1.90. The Kier molecular flexibility index (Phi) is 6.73. The minimum atomic E-state index is 0.969. The number of hydrogen-bond donors (Lipinski definition) is 0. The van der Waals surface area contributed by atoms with Crippen LogP contribution in [0, 0.1) is 0 Å². The van der Waals surface area contributed by atoms with Crippen LogP contribution in [0.2, 0.25) is 0 Å².